The highest BCUT2D eigenvalue weighted by Gasteiger charge is 2.25. The Morgan fingerprint density at radius 2 is 1.67 bits per heavy atom. The van der Waals surface area contributed by atoms with Crippen LogP contribution in [0.25, 0.3) is 0 Å². The average Bonchev–Trinajstić information content (AvgIpc) is 2.93. The Morgan fingerprint density at radius 3 is 2.31 bits per heavy atom. The molecule has 0 spiro atoms. The first-order valence-corrected chi connectivity index (χ1v) is 14.4. The van der Waals surface area contributed by atoms with Gasteiger partial charge in [0.1, 0.15) is 0 Å². The maximum atomic E-state index is 13.3. The molecule has 2 N–H and O–H groups in total. The number of piperidine rings is 1. The van der Waals surface area contributed by atoms with Crippen LogP contribution >= 0.6 is 0 Å². The van der Waals surface area contributed by atoms with Gasteiger partial charge in [-0.1, -0.05) is 24.3 Å². The van der Waals surface area contributed by atoms with E-state index in [1.54, 1.807) is 36.1 Å². The molecule has 2 amide bonds. The second-order valence-electron chi connectivity index (χ2n) is 10.1. The molecule has 8 nitrogen and oxygen atoms in total. The molecule has 1 saturated heterocycles. The Morgan fingerprint density at radius 1 is 0.974 bits per heavy atom. The summed E-state index contributed by atoms with van der Waals surface area (Å²) in [6.07, 6.45) is 1.62. The van der Waals surface area contributed by atoms with Crippen LogP contribution in [-0.2, 0) is 10.0 Å². The molecule has 0 saturated carbocycles. The summed E-state index contributed by atoms with van der Waals surface area (Å²) >= 11 is 0. The van der Waals surface area contributed by atoms with Crippen molar-refractivity contribution in [1.29, 1.82) is 5.26 Å². The van der Waals surface area contributed by atoms with E-state index in [0.29, 0.717) is 41.4 Å². The lowest BCUT2D eigenvalue weighted by atomic mass is 9.89. The second kappa shape index (κ2) is 11.7. The number of carbonyl (C=O) groups is 2. The lowest BCUT2D eigenvalue weighted by molar-refractivity contribution is 0.0712. The fourth-order valence-electron chi connectivity index (χ4n) is 4.65. The molecule has 1 fully saturated rings. The molecule has 4 rings (SSSR count). The van der Waals surface area contributed by atoms with Crippen LogP contribution in [0.4, 0.5) is 5.69 Å². The van der Waals surface area contributed by atoms with E-state index < -0.39 is 10.0 Å². The number of sulfonamides is 1. The molecule has 202 valence electrons. The summed E-state index contributed by atoms with van der Waals surface area (Å²) in [5, 5.41) is 11.8. The zero-order valence-corrected chi connectivity index (χ0v) is 23.1. The minimum Gasteiger partial charge on any atom is -0.350 e. The van der Waals surface area contributed by atoms with Crippen LogP contribution in [0.5, 0.6) is 0 Å². The van der Waals surface area contributed by atoms with Gasteiger partial charge in [0.25, 0.3) is 21.8 Å². The minimum absolute atomic E-state index is 0.0417. The third-order valence-corrected chi connectivity index (χ3v) is 8.21. The number of hydrogen-bond donors (Lipinski definition) is 2. The van der Waals surface area contributed by atoms with Crippen molar-refractivity contribution < 1.29 is 18.0 Å². The molecule has 1 heterocycles. The van der Waals surface area contributed by atoms with Crippen LogP contribution in [0.1, 0.15) is 70.0 Å². The molecule has 3 aromatic carbocycles. The van der Waals surface area contributed by atoms with Gasteiger partial charge in [-0.05, 0) is 93.1 Å². The molecule has 0 radical (unpaired) electrons. The molecule has 3 aromatic rings. The molecule has 0 atom stereocenters. The first-order chi connectivity index (χ1) is 18.6. The van der Waals surface area contributed by atoms with Crippen molar-refractivity contribution in [2.75, 3.05) is 17.8 Å². The smallest absolute Gasteiger partial charge is 0.261 e. The standard InChI is InChI=1S/C30H32N4O4S/c1-20(2)32-29(35)25-5-4-6-27(17-25)39(37,38)33-28-18-26(10-7-21(28)3)30(36)34-15-13-24(14-16-34)23-11-8-22(19-31)9-12-23/h4-12,17-18,20,24,33H,13-16H2,1-3H3,(H,32,35). The average molecular weight is 545 g/mol. The number of benzene rings is 3. The van der Waals surface area contributed by atoms with E-state index in [1.165, 1.54) is 23.8 Å². The van der Waals surface area contributed by atoms with Crippen LogP contribution in [0, 0.1) is 18.3 Å². The first kappa shape index (κ1) is 27.9. The summed E-state index contributed by atoms with van der Waals surface area (Å²) in [7, 11) is -4.01. The van der Waals surface area contributed by atoms with E-state index >= 15 is 0 Å². The molecule has 9 heteroatoms. The topological polar surface area (TPSA) is 119 Å². The van der Waals surface area contributed by atoms with E-state index in [4.69, 9.17) is 5.26 Å². The van der Waals surface area contributed by atoms with E-state index in [-0.39, 0.29) is 28.3 Å². The highest BCUT2D eigenvalue weighted by atomic mass is 32.2. The van der Waals surface area contributed by atoms with Gasteiger partial charge in [0.2, 0.25) is 0 Å². The van der Waals surface area contributed by atoms with Crippen molar-refractivity contribution in [3.63, 3.8) is 0 Å². The third kappa shape index (κ3) is 6.65. The fraction of sp³-hybridized carbons (Fsp3) is 0.300. The number of amides is 2. The Kier molecular flexibility index (Phi) is 8.36. The van der Waals surface area contributed by atoms with Gasteiger partial charge in [0, 0.05) is 30.3 Å². The Bertz CT molecular complexity index is 1520. The Hall–Kier alpha value is -4.16. The minimum atomic E-state index is -4.01. The number of aryl methyl sites for hydroxylation is 1. The molecule has 0 unspecified atom stereocenters. The maximum Gasteiger partial charge on any atom is 0.261 e. The van der Waals surface area contributed by atoms with Gasteiger partial charge in [0.15, 0.2) is 0 Å². The number of anilines is 1. The van der Waals surface area contributed by atoms with E-state index in [9.17, 15) is 18.0 Å². The molecular weight excluding hydrogens is 512 g/mol. The monoisotopic (exact) mass is 544 g/mol. The van der Waals surface area contributed by atoms with Crippen LogP contribution in [0.2, 0.25) is 0 Å². The molecule has 39 heavy (non-hydrogen) atoms. The number of likely N-dealkylation sites (tertiary alicyclic amines) is 1. The van der Waals surface area contributed by atoms with Crippen molar-refractivity contribution in [3.05, 3.63) is 94.5 Å². The molecule has 0 bridgehead atoms. The molecule has 0 aromatic heterocycles. The SMILES string of the molecule is Cc1ccc(C(=O)N2CCC(c3ccc(C#N)cc3)CC2)cc1NS(=O)(=O)c1cccc(C(=O)NC(C)C)c1. The van der Waals surface area contributed by atoms with Crippen molar-refractivity contribution in [1.82, 2.24) is 10.2 Å². The van der Waals surface area contributed by atoms with Gasteiger partial charge in [-0.2, -0.15) is 5.26 Å². The summed E-state index contributed by atoms with van der Waals surface area (Å²) < 4.78 is 29.0. The highest BCUT2D eigenvalue weighted by Crippen LogP contribution is 2.30. The summed E-state index contributed by atoms with van der Waals surface area (Å²) in [6, 6.07) is 20.5. The molecule has 1 aliphatic heterocycles. The largest absolute Gasteiger partial charge is 0.350 e. The zero-order valence-electron chi connectivity index (χ0n) is 22.3. The van der Waals surface area contributed by atoms with Gasteiger partial charge in [-0.25, -0.2) is 8.42 Å². The molecule has 0 aliphatic carbocycles. The van der Waals surface area contributed by atoms with Gasteiger partial charge >= 0.3 is 0 Å². The summed E-state index contributed by atoms with van der Waals surface area (Å²) in [6.45, 7) is 6.60. The van der Waals surface area contributed by atoms with Crippen molar-refractivity contribution in [3.8, 4) is 6.07 Å². The first-order valence-electron chi connectivity index (χ1n) is 12.9. The number of hydrogen-bond acceptors (Lipinski definition) is 5. The quantitative estimate of drug-likeness (QED) is 0.442. The number of nitrogens with one attached hydrogen (secondary N) is 2. The highest BCUT2D eigenvalue weighted by molar-refractivity contribution is 7.92. The Balaban J connectivity index is 1.46. The fourth-order valence-corrected chi connectivity index (χ4v) is 5.81. The van der Waals surface area contributed by atoms with Crippen molar-refractivity contribution in [2.45, 2.75) is 50.5 Å². The summed E-state index contributed by atoms with van der Waals surface area (Å²) in [4.78, 5) is 27.4. The van der Waals surface area contributed by atoms with Gasteiger partial charge < -0.3 is 10.2 Å². The van der Waals surface area contributed by atoms with Gasteiger partial charge in [-0.15, -0.1) is 0 Å². The third-order valence-electron chi connectivity index (χ3n) is 6.85. The van der Waals surface area contributed by atoms with Crippen LogP contribution in [0.15, 0.2) is 71.6 Å². The normalized spacial score (nSPS) is 14.1. The lowest BCUT2D eigenvalue weighted by Gasteiger charge is -2.32. The van der Waals surface area contributed by atoms with Crippen molar-refractivity contribution in [2.24, 2.45) is 0 Å². The predicted octanol–water partition coefficient (Wildman–Crippen LogP) is 4.83. The molecular formula is C30H32N4O4S. The zero-order chi connectivity index (χ0) is 28.2. The molecule has 1 aliphatic rings. The van der Waals surface area contributed by atoms with Crippen LogP contribution in [-0.4, -0.2) is 44.3 Å². The summed E-state index contributed by atoms with van der Waals surface area (Å²) in [5.74, 6) is -0.185. The predicted molar refractivity (Wildman–Crippen MR) is 150 cm³/mol. The Labute approximate surface area is 229 Å². The van der Waals surface area contributed by atoms with Crippen LogP contribution < -0.4 is 10.0 Å². The summed E-state index contributed by atoms with van der Waals surface area (Å²) in [5.41, 5.74) is 3.42. The number of nitriles is 1. The second-order valence-corrected chi connectivity index (χ2v) is 11.8. The number of rotatable bonds is 7. The van der Waals surface area contributed by atoms with Gasteiger partial charge in [-0.3, -0.25) is 14.3 Å². The lowest BCUT2D eigenvalue weighted by Crippen LogP contribution is -2.38. The van der Waals surface area contributed by atoms with E-state index in [1.807, 2.05) is 38.1 Å². The van der Waals surface area contributed by atoms with Crippen molar-refractivity contribution >= 4 is 27.5 Å². The van der Waals surface area contributed by atoms with E-state index in [0.717, 1.165) is 12.8 Å². The van der Waals surface area contributed by atoms with Crippen LogP contribution in [0.3, 0.4) is 0 Å². The maximum absolute atomic E-state index is 13.3. The van der Waals surface area contributed by atoms with E-state index in [2.05, 4.69) is 16.1 Å². The number of nitrogens with zero attached hydrogens (tertiary/aromatic N) is 2. The number of carbonyl (C=O) groups excluding carboxylic acids is 2. The van der Waals surface area contributed by atoms with Gasteiger partial charge in [0.05, 0.1) is 22.2 Å².